The summed E-state index contributed by atoms with van der Waals surface area (Å²) in [6.07, 6.45) is 4.46. The number of hydrogen-bond donors (Lipinski definition) is 0. The van der Waals surface area contributed by atoms with E-state index in [1.807, 2.05) is 24.3 Å². The third kappa shape index (κ3) is 4.71. The highest BCUT2D eigenvalue weighted by Crippen LogP contribution is 2.26. The molecule has 3 aromatic rings. The SMILES string of the molecule is Cc1ccc([C@H](/C=C/CC(=O)c2ccc(Cl)cc2)c2ccccc2)cc1. The summed E-state index contributed by atoms with van der Waals surface area (Å²) >= 11 is 5.88. The van der Waals surface area contributed by atoms with Crippen LogP contribution in [0, 0.1) is 6.92 Å². The number of halogens is 1. The molecule has 1 atom stereocenters. The van der Waals surface area contributed by atoms with Gasteiger partial charge in [0.15, 0.2) is 5.78 Å². The van der Waals surface area contributed by atoms with Crippen LogP contribution in [-0.4, -0.2) is 5.78 Å². The van der Waals surface area contributed by atoms with Gasteiger partial charge in [0.2, 0.25) is 0 Å². The van der Waals surface area contributed by atoms with Gasteiger partial charge in [-0.15, -0.1) is 0 Å². The van der Waals surface area contributed by atoms with Gasteiger partial charge in [0.05, 0.1) is 0 Å². The Morgan fingerprint density at radius 3 is 2.15 bits per heavy atom. The molecule has 1 nitrogen and oxygen atoms in total. The maximum atomic E-state index is 12.4. The van der Waals surface area contributed by atoms with Gasteiger partial charge in [-0.25, -0.2) is 0 Å². The molecule has 0 amide bonds. The van der Waals surface area contributed by atoms with E-state index >= 15 is 0 Å². The highest BCUT2D eigenvalue weighted by atomic mass is 35.5. The van der Waals surface area contributed by atoms with Crippen LogP contribution in [-0.2, 0) is 0 Å². The fraction of sp³-hybridized carbons (Fsp3) is 0.125. The van der Waals surface area contributed by atoms with Crippen LogP contribution in [0.1, 0.15) is 39.4 Å². The van der Waals surface area contributed by atoms with Crippen LogP contribution in [0.25, 0.3) is 0 Å². The minimum atomic E-state index is 0.0913. The van der Waals surface area contributed by atoms with Crippen LogP contribution in [0.3, 0.4) is 0 Å². The second-order valence-electron chi connectivity index (χ2n) is 6.36. The summed E-state index contributed by atoms with van der Waals surface area (Å²) in [5.74, 6) is 0.225. The topological polar surface area (TPSA) is 17.1 Å². The van der Waals surface area contributed by atoms with Crippen molar-refractivity contribution in [3.8, 4) is 0 Å². The van der Waals surface area contributed by atoms with Crippen LogP contribution < -0.4 is 0 Å². The van der Waals surface area contributed by atoms with E-state index < -0.39 is 0 Å². The molecule has 0 unspecified atom stereocenters. The van der Waals surface area contributed by atoms with E-state index in [1.165, 1.54) is 16.7 Å². The summed E-state index contributed by atoms with van der Waals surface area (Å²) in [6, 6.07) is 25.9. The van der Waals surface area contributed by atoms with Gasteiger partial charge in [0.1, 0.15) is 0 Å². The molecule has 0 aromatic heterocycles. The zero-order chi connectivity index (χ0) is 18.4. The summed E-state index contributed by atoms with van der Waals surface area (Å²) in [4.78, 5) is 12.4. The molecule has 26 heavy (non-hydrogen) atoms. The molecule has 0 aliphatic heterocycles. The lowest BCUT2D eigenvalue weighted by Crippen LogP contribution is -2.00. The number of ketones is 1. The number of aryl methyl sites for hydroxylation is 1. The highest BCUT2D eigenvalue weighted by molar-refractivity contribution is 6.30. The van der Waals surface area contributed by atoms with Gasteiger partial charge < -0.3 is 0 Å². The Balaban J connectivity index is 1.79. The second kappa shape index (κ2) is 8.64. The van der Waals surface area contributed by atoms with Crippen molar-refractivity contribution in [2.45, 2.75) is 19.3 Å². The molecule has 0 N–H and O–H groups in total. The predicted octanol–water partition coefficient (Wildman–Crippen LogP) is 6.61. The van der Waals surface area contributed by atoms with Crippen molar-refractivity contribution in [3.05, 3.63) is 118 Å². The Morgan fingerprint density at radius 1 is 0.885 bits per heavy atom. The Labute approximate surface area is 160 Å². The van der Waals surface area contributed by atoms with Crippen molar-refractivity contribution in [2.75, 3.05) is 0 Å². The minimum absolute atomic E-state index is 0.0913. The third-order valence-electron chi connectivity index (χ3n) is 4.39. The molecule has 0 radical (unpaired) electrons. The maximum Gasteiger partial charge on any atom is 0.166 e. The number of carbonyl (C=O) groups excluding carboxylic acids is 1. The van der Waals surface area contributed by atoms with Crippen molar-refractivity contribution < 1.29 is 4.79 Å². The summed E-state index contributed by atoms with van der Waals surface area (Å²) in [5.41, 5.74) is 4.36. The maximum absolute atomic E-state index is 12.4. The zero-order valence-corrected chi connectivity index (χ0v) is 15.5. The van der Waals surface area contributed by atoms with Crippen LogP contribution in [0.2, 0.25) is 5.02 Å². The van der Waals surface area contributed by atoms with E-state index in [9.17, 15) is 4.79 Å². The average molecular weight is 361 g/mol. The third-order valence-corrected chi connectivity index (χ3v) is 4.65. The van der Waals surface area contributed by atoms with Gasteiger partial charge in [0, 0.05) is 22.9 Å². The molecule has 3 aromatic carbocycles. The lowest BCUT2D eigenvalue weighted by atomic mass is 9.90. The summed E-state index contributed by atoms with van der Waals surface area (Å²) in [7, 11) is 0. The predicted molar refractivity (Wildman–Crippen MR) is 109 cm³/mol. The van der Waals surface area contributed by atoms with E-state index in [-0.39, 0.29) is 11.7 Å². The van der Waals surface area contributed by atoms with Gasteiger partial charge in [0.25, 0.3) is 0 Å². The van der Waals surface area contributed by atoms with Gasteiger partial charge in [-0.3, -0.25) is 4.79 Å². The highest BCUT2D eigenvalue weighted by Gasteiger charge is 2.11. The molecule has 0 aliphatic rings. The van der Waals surface area contributed by atoms with Crippen molar-refractivity contribution in [2.24, 2.45) is 0 Å². The van der Waals surface area contributed by atoms with E-state index in [4.69, 9.17) is 11.6 Å². The first-order valence-corrected chi connectivity index (χ1v) is 9.08. The second-order valence-corrected chi connectivity index (χ2v) is 6.80. The summed E-state index contributed by atoms with van der Waals surface area (Å²) in [6.45, 7) is 2.09. The van der Waals surface area contributed by atoms with Crippen molar-refractivity contribution in [3.63, 3.8) is 0 Å². The largest absolute Gasteiger partial charge is 0.294 e. The first kappa shape index (κ1) is 18.2. The van der Waals surface area contributed by atoms with Gasteiger partial charge in [-0.05, 0) is 42.3 Å². The number of carbonyl (C=O) groups is 1. The fourth-order valence-electron chi connectivity index (χ4n) is 2.91. The number of Topliss-reactive ketones (excluding diaryl/α,β-unsaturated/α-hetero) is 1. The molecule has 0 aliphatic carbocycles. The normalized spacial score (nSPS) is 12.2. The number of allylic oxidation sites excluding steroid dienone is 2. The van der Waals surface area contributed by atoms with Gasteiger partial charge in [-0.2, -0.15) is 0 Å². The van der Waals surface area contributed by atoms with E-state index in [0.717, 1.165) is 0 Å². The Hall–Kier alpha value is -2.64. The molecule has 130 valence electrons. The summed E-state index contributed by atoms with van der Waals surface area (Å²) < 4.78 is 0. The molecule has 0 heterocycles. The van der Waals surface area contributed by atoms with Crippen LogP contribution in [0.15, 0.2) is 91.0 Å². The van der Waals surface area contributed by atoms with Gasteiger partial charge >= 0.3 is 0 Å². The van der Waals surface area contributed by atoms with Gasteiger partial charge in [-0.1, -0.05) is 83.9 Å². The number of hydrogen-bond acceptors (Lipinski definition) is 1. The monoisotopic (exact) mass is 360 g/mol. The lowest BCUT2D eigenvalue weighted by molar-refractivity contribution is 0.0995. The lowest BCUT2D eigenvalue weighted by Gasteiger charge is -2.14. The Bertz CT molecular complexity index is 878. The van der Waals surface area contributed by atoms with E-state index in [2.05, 4.69) is 49.4 Å². The average Bonchev–Trinajstić information content (AvgIpc) is 2.67. The van der Waals surface area contributed by atoms with Crippen molar-refractivity contribution >= 4 is 17.4 Å². The molecule has 0 saturated heterocycles. The standard InChI is InChI=1S/C24H21ClO/c1-18-10-12-20(13-11-18)23(19-6-3-2-4-7-19)8-5-9-24(26)21-14-16-22(25)17-15-21/h2-8,10-17,23H,9H2,1H3/b8-5+/t23-/m1/s1. The van der Waals surface area contributed by atoms with E-state index in [1.54, 1.807) is 24.3 Å². The zero-order valence-electron chi connectivity index (χ0n) is 14.7. The van der Waals surface area contributed by atoms with Crippen LogP contribution >= 0.6 is 11.6 Å². The molecule has 0 saturated carbocycles. The van der Waals surface area contributed by atoms with Crippen molar-refractivity contribution in [1.82, 2.24) is 0 Å². The first-order valence-electron chi connectivity index (χ1n) is 8.70. The minimum Gasteiger partial charge on any atom is -0.294 e. The quantitative estimate of drug-likeness (QED) is 0.357. The van der Waals surface area contributed by atoms with Crippen LogP contribution in [0.5, 0.6) is 0 Å². The molecule has 0 spiro atoms. The van der Waals surface area contributed by atoms with Crippen molar-refractivity contribution in [1.29, 1.82) is 0 Å². The van der Waals surface area contributed by atoms with E-state index in [0.29, 0.717) is 17.0 Å². The Morgan fingerprint density at radius 2 is 1.50 bits per heavy atom. The molecule has 2 heteroatoms. The molecule has 0 bridgehead atoms. The smallest absolute Gasteiger partial charge is 0.166 e. The number of rotatable bonds is 6. The summed E-state index contributed by atoms with van der Waals surface area (Å²) in [5, 5.41) is 0.639. The molecular formula is C24H21ClO. The Kier molecular flexibility index (Phi) is 6.04. The molecule has 3 rings (SSSR count). The molecular weight excluding hydrogens is 340 g/mol. The number of benzene rings is 3. The molecule has 0 fully saturated rings. The van der Waals surface area contributed by atoms with Crippen LogP contribution in [0.4, 0.5) is 0 Å². The fourth-order valence-corrected chi connectivity index (χ4v) is 3.04. The first-order chi connectivity index (χ1) is 12.6.